The van der Waals surface area contributed by atoms with E-state index in [2.05, 4.69) is 0 Å². The average Bonchev–Trinajstić information content (AvgIpc) is 2.71. The lowest BCUT2D eigenvalue weighted by Crippen LogP contribution is -2.52. The van der Waals surface area contributed by atoms with Crippen molar-refractivity contribution in [1.82, 2.24) is 4.90 Å². The van der Waals surface area contributed by atoms with Gasteiger partial charge in [0.15, 0.2) is 5.41 Å². The Hall–Kier alpha value is -1.31. The number of carboxylic acid groups (broad SMARTS) is 1. The normalized spacial score (nSPS) is 25.6. The molecule has 2 atom stereocenters. The van der Waals surface area contributed by atoms with E-state index >= 15 is 0 Å². The van der Waals surface area contributed by atoms with Crippen molar-refractivity contribution in [3.05, 3.63) is 0 Å². The molecule has 0 aromatic rings. The molecule has 3 N–H and O–H groups in total. The molecule has 8 heteroatoms. The number of nitrogens with two attached hydrogens (primary N) is 1. The van der Waals surface area contributed by atoms with Crippen LogP contribution in [0, 0.1) is 10.8 Å². The molecule has 116 valence electrons. The molecule has 0 aliphatic carbocycles. The number of hydrogen-bond donors (Lipinski definition) is 2. The van der Waals surface area contributed by atoms with Crippen molar-refractivity contribution < 1.29 is 27.9 Å². The molecule has 0 aromatic heterocycles. The molecule has 0 saturated carbocycles. The third-order valence-corrected chi connectivity index (χ3v) is 3.73. The van der Waals surface area contributed by atoms with Crippen LogP contribution < -0.4 is 5.73 Å². The van der Waals surface area contributed by atoms with Crippen molar-refractivity contribution in [3.63, 3.8) is 0 Å². The standard InChI is InChI=1S/C12H19F3N2O3/c1-10(2,3)7(16)8(18)17-5-4-11(6-17,9(19)20)12(13,14)15/h7H,4-6,16H2,1-3H3,(H,19,20)/t7-,11?/m0/s1. The van der Waals surface area contributed by atoms with Crippen LogP contribution in [0.3, 0.4) is 0 Å². The summed E-state index contributed by atoms with van der Waals surface area (Å²) in [6.07, 6.45) is -5.55. The highest BCUT2D eigenvalue weighted by molar-refractivity contribution is 5.85. The van der Waals surface area contributed by atoms with Crippen molar-refractivity contribution in [3.8, 4) is 0 Å². The lowest BCUT2D eigenvalue weighted by molar-refractivity contribution is -0.227. The van der Waals surface area contributed by atoms with Crippen LogP contribution in [-0.4, -0.2) is 47.2 Å². The van der Waals surface area contributed by atoms with E-state index in [1.807, 2.05) is 0 Å². The minimum absolute atomic E-state index is 0.256. The van der Waals surface area contributed by atoms with Crippen molar-refractivity contribution in [2.45, 2.75) is 39.4 Å². The molecule has 1 saturated heterocycles. The predicted molar refractivity (Wildman–Crippen MR) is 64.8 cm³/mol. The molecular formula is C12H19F3N2O3. The zero-order valence-electron chi connectivity index (χ0n) is 11.6. The molecule has 1 unspecified atom stereocenters. The topological polar surface area (TPSA) is 83.6 Å². The third-order valence-electron chi connectivity index (χ3n) is 3.73. The van der Waals surface area contributed by atoms with Gasteiger partial charge in [0, 0.05) is 13.1 Å². The second kappa shape index (κ2) is 4.91. The zero-order valence-corrected chi connectivity index (χ0v) is 11.6. The summed E-state index contributed by atoms with van der Waals surface area (Å²) in [5.74, 6) is -2.60. The van der Waals surface area contributed by atoms with Gasteiger partial charge in [-0.05, 0) is 11.8 Å². The fraction of sp³-hybridized carbons (Fsp3) is 0.833. The molecule has 0 bridgehead atoms. The van der Waals surface area contributed by atoms with E-state index in [-0.39, 0.29) is 6.54 Å². The van der Waals surface area contributed by atoms with E-state index in [1.165, 1.54) is 0 Å². The molecule has 20 heavy (non-hydrogen) atoms. The second-order valence-corrected chi connectivity index (χ2v) is 6.24. The minimum Gasteiger partial charge on any atom is -0.481 e. The van der Waals surface area contributed by atoms with Crippen LogP contribution in [0.1, 0.15) is 27.2 Å². The van der Waals surface area contributed by atoms with Crippen molar-refractivity contribution >= 4 is 11.9 Å². The van der Waals surface area contributed by atoms with E-state index in [0.717, 1.165) is 4.90 Å². The van der Waals surface area contributed by atoms with Gasteiger partial charge in [-0.1, -0.05) is 20.8 Å². The highest BCUT2D eigenvalue weighted by Crippen LogP contribution is 2.46. The number of likely N-dealkylation sites (tertiary alicyclic amines) is 1. The molecule has 1 aliphatic rings. The van der Waals surface area contributed by atoms with E-state index in [1.54, 1.807) is 20.8 Å². The van der Waals surface area contributed by atoms with Crippen LogP contribution in [0.5, 0.6) is 0 Å². The molecule has 1 rings (SSSR count). The number of nitrogens with zero attached hydrogens (tertiary/aromatic N) is 1. The van der Waals surface area contributed by atoms with Gasteiger partial charge in [-0.3, -0.25) is 9.59 Å². The SMILES string of the molecule is CC(C)(C)[C@@H](N)C(=O)N1CCC(C(=O)O)(C(F)(F)F)C1. The number of carboxylic acids is 1. The summed E-state index contributed by atoms with van der Waals surface area (Å²) in [6.45, 7) is 3.95. The molecule has 1 amide bonds. The summed E-state index contributed by atoms with van der Waals surface area (Å²) in [5.41, 5.74) is 2.23. The maximum atomic E-state index is 13.0. The Bertz CT molecular complexity index is 417. The lowest BCUT2D eigenvalue weighted by atomic mass is 9.85. The Balaban J connectivity index is 2.96. The first kappa shape index (κ1) is 16.7. The Labute approximate surface area is 114 Å². The molecular weight excluding hydrogens is 277 g/mol. The smallest absolute Gasteiger partial charge is 0.406 e. The van der Waals surface area contributed by atoms with Gasteiger partial charge in [0.2, 0.25) is 5.91 Å². The molecule has 0 aromatic carbocycles. The Kier molecular flexibility index (Phi) is 4.11. The van der Waals surface area contributed by atoms with E-state index < -0.39 is 47.9 Å². The van der Waals surface area contributed by atoms with Gasteiger partial charge in [-0.15, -0.1) is 0 Å². The molecule has 1 fully saturated rings. The van der Waals surface area contributed by atoms with Gasteiger partial charge in [0.1, 0.15) is 0 Å². The average molecular weight is 296 g/mol. The predicted octanol–water partition coefficient (Wildman–Crippen LogP) is 1.23. The minimum atomic E-state index is -4.90. The summed E-state index contributed by atoms with van der Waals surface area (Å²) in [7, 11) is 0. The number of alkyl halides is 3. The van der Waals surface area contributed by atoms with Crippen LogP contribution in [0.2, 0.25) is 0 Å². The fourth-order valence-corrected chi connectivity index (χ4v) is 2.09. The molecule has 0 radical (unpaired) electrons. The molecule has 0 spiro atoms. The second-order valence-electron chi connectivity index (χ2n) is 6.24. The molecule has 5 nitrogen and oxygen atoms in total. The van der Waals surface area contributed by atoms with Gasteiger partial charge in [-0.25, -0.2) is 0 Å². The van der Waals surface area contributed by atoms with Crippen LogP contribution in [0.25, 0.3) is 0 Å². The number of carbonyl (C=O) groups excluding carboxylic acids is 1. The molecule has 1 heterocycles. The van der Waals surface area contributed by atoms with Crippen LogP contribution in [0.4, 0.5) is 13.2 Å². The number of hydrogen-bond acceptors (Lipinski definition) is 3. The van der Waals surface area contributed by atoms with Crippen LogP contribution in [0.15, 0.2) is 0 Å². The maximum absolute atomic E-state index is 13.0. The van der Waals surface area contributed by atoms with E-state index in [0.29, 0.717) is 0 Å². The maximum Gasteiger partial charge on any atom is 0.406 e. The number of halogens is 3. The number of carbonyl (C=O) groups is 2. The van der Waals surface area contributed by atoms with Gasteiger partial charge in [0.05, 0.1) is 6.04 Å². The summed E-state index contributed by atoms with van der Waals surface area (Å²) >= 11 is 0. The van der Waals surface area contributed by atoms with Crippen LogP contribution >= 0.6 is 0 Å². The number of rotatable bonds is 2. The van der Waals surface area contributed by atoms with Crippen molar-refractivity contribution in [2.24, 2.45) is 16.6 Å². The first-order valence-corrected chi connectivity index (χ1v) is 6.17. The monoisotopic (exact) mass is 296 g/mol. The van der Waals surface area contributed by atoms with Crippen molar-refractivity contribution in [1.29, 1.82) is 0 Å². The van der Waals surface area contributed by atoms with E-state index in [9.17, 15) is 22.8 Å². The zero-order chi connectivity index (χ0) is 15.9. The lowest BCUT2D eigenvalue weighted by Gasteiger charge is -2.31. The summed E-state index contributed by atoms with van der Waals surface area (Å²) in [4.78, 5) is 24.0. The first-order valence-electron chi connectivity index (χ1n) is 6.17. The number of aliphatic carboxylic acids is 1. The third kappa shape index (κ3) is 2.74. The van der Waals surface area contributed by atoms with Crippen molar-refractivity contribution in [2.75, 3.05) is 13.1 Å². The van der Waals surface area contributed by atoms with Gasteiger partial charge in [-0.2, -0.15) is 13.2 Å². The first-order chi connectivity index (χ1) is 8.83. The highest BCUT2D eigenvalue weighted by Gasteiger charge is 2.64. The van der Waals surface area contributed by atoms with Gasteiger partial charge >= 0.3 is 12.1 Å². The summed E-state index contributed by atoms with van der Waals surface area (Å²) in [5, 5.41) is 8.91. The largest absolute Gasteiger partial charge is 0.481 e. The Morgan fingerprint density at radius 2 is 1.80 bits per heavy atom. The van der Waals surface area contributed by atoms with Gasteiger partial charge < -0.3 is 15.7 Å². The molecule has 1 aliphatic heterocycles. The quantitative estimate of drug-likeness (QED) is 0.802. The Morgan fingerprint density at radius 3 is 2.10 bits per heavy atom. The fourth-order valence-electron chi connectivity index (χ4n) is 2.09. The number of amides is 1. The van der Waals surface area contributed by atoms with Crippen LogP contribution in [-0.2, 0) is 9.59 Å². The summed E-state index contributed by atoms with van der Waals surface area (Å²) < 4.78 is 39.0. The Morgan fingerprint density at radius 1 is 1.30 bits per heavy atom. The highest BCUT2D eigenvalue weighted by atomic mass is 19.4. The summed E-state index contributed by atoms with van der Waals surface area (Å²) in [6, 6.07) is -0.972. The van der Waals surface area contributed by atoms with E-state index in [4.69, 9.17) is 10.8 Å². The van der Waals surface area contributed by atoms with Gasteiger partial charge in [0.25, 0.3) is 0 Å².